The molecule has 9 heteroatoms. The molecule has 1 saturated heterocycles. The molecular formula is C23H22FN5O3. The van der Waals surface area contributed by atoms with E-state index >= 15 is 0 Å². The van der Waals surface area contributed by atoms with Gasteiger partial charge in [0, 0.05) is 24.4 Å². The van der Waals surface area contributed by atoms with Crippen molar-refractivity contribution in [3.63, 3.8) is 0 Å². The third kappa shape index (κ3) is 3.93. The molecule has 3 heterocycles. The lowest BCUT2D eigenvalue weighted by Crippen LogP contribution is -2.25. The van der Waals surface area contributed by atoms with Gasteiger partial charge in [0.25, 0.3) is 0 Å². The lowest BCUT2D eigenvalue weighted by atomic mass is 10.2. The molecule has 0 saturated carbocycles. The number of nitrogens with zero attached hydrogens (tertiary/aromatic N) is 5. The Balaban J connectivity index is 1.38. The van der Waals surface area contributed by atoms with Crippen LogP contribution >= 0.6 is 0 Å². The minimum atomic E-state index is -0.581. The predicted octanol–water partition coefficient (Wildman–Crippen LogP) is 3.59. The van der Waals surface area contributed by atoms with E-state index in [1.807, 2.05) is 30.3 Å². The molecule has 0 bridgehead atoms. The molecule has 1 aliphatic heterocycles. The molecule has 0 unspecified atom stereocenters. The van der Waals surface area contributed by atoms with Gasteiger partial charge in [-0.3, -0.25) is 0 Å². The van der Waals surface area contributed by atoms with Gasteiger partial charge < -0.3 is 19.1 Å². The number of hydrogen-bond donors (Lipinski definition) is 0. The predicted molar refractivity (Wildman–Crippen MR) is 118 cm³/mol. The number of benzene rings is 2. The molecule has 1 fully saturated rings. The van der Waals surface area contributed by atoms with Gasteiger partial charge in [0.05, 0.1) is 36.4 Å². The molecule has 2 aromatic carbocycles. The molecule has 5 rings (SSSR count). The van der Waals surface area contributed by atoms with E-state index in [9.17, 15) is 4.39 Å². The number of halogens is 1. The summed E-state index contributed by atoms with van der Waals surface area (Å²) < 4.78 is 29.7. The molecule has 0 N–H and O–H groups in total. The summed E-state index contributed by atoms with van der Waals surface area (Å²) in [7, 11) is 1.55. The van der Waals surface area contributed by atoms with Crippen molar-refractivity contribution in [3.8, 4) is 17.4 Å². The zero-order chi connectivity index (χ0) is 21.9. The number of methoxy groups -OCH3 is 1. The van der Waals surface area contributed by atoms with Gasteiger partial charge in [0.2, 0.25) is 5.88 Å². The maximum absolute atomic E-state index is 12.6. The Kier molecular flexibility index (Phi) is 5.53. The lowest BCUT2D eigenvalue weighted by Gasteiger charge is -2.20. The van der Waals surface area contributed by atoms with E-state index < -0.39 is 6.67 Å². The standard InChI is InChI=1S/C23H22FN5O3/c1-30-20-11-19-16(10-21(20)31-9-7-24)23(27-14-26-19)29-8-6-15(13-29)32-22-12-25-17-4-2-3-5-18(17)28-22/h2-5,10-12,14-15H,6-9,13H2,1H3/t15-/m1/s1. The minimum Gasteiger partial charge on any atom is -0.493 e. The second-order valence-corrected chi connectivity index (χ2v) is 7.43. The SMILES string of the molecule is COc1cc2ncnc(N3CC[C@@H](Oc4cnc5ccccc5n4)C3)c2cc1OCCF. The van der Waals surface area contributed by atoms with Gasteiger partial charge >= 0.3 is 0 Å². The highest BCUT2D eigenvalue weighted by Crippen LogP contribution is 2.36. The summed E-state index contributed by atoms with van der Waals surface area (Å²) in [6.07, 6.45) is 3.96. The quantitative estimate of drug-likeness (QED) is 0.436. The second kappa shape index (κ2) is 8.78. The second-order valence-electron chi connectivity index (χ2n) is 7.43. The van der Waals surface area contributed by atoms with Crippen LogP contribution in [0.5, 0.6) is 17.4 Å². The number of alkyl halides is 1. The van der Waals surface area contributed by atoms with Crippen molar-refractivity contribution in [2.24, 2.45) is 0 Å². The number of fused-ring (bicyclic) bond motifs is 2. The molecule has 32 heavy (non-hydrogen) atoms. The van der Waals surface area contributed by atoms with Gasteiger partial charge in [-0.1, -0.05) is 12.1 Å². The largest absolute Gasteiger partial charge is 0.493 e. The first-order chi connectivity index (χ1) is 15.7. The number of rotatable bonds is 7. The molecule has 0 spiro atoms. The van der Waals surface area contributed by atoms with Crippen LogP contribution in [-0.2, 0) is 0 Å². The van der Waals surface area contributed by atoms with Gasteiger partial charge in [-0.2, -0.15) is 0 Å². The van der Waals surface area contributed by atoms with E-state index in [2.05, 4.69) is 24.8 Å². The maximum atomic E-state index is 12.6. The molecule has 4 aromatic rings. The minimum absolute atomic E-state index is 0.0443. The molecule has 1 atom stereocenters. The van der Waals surface area contributed by atoms with E-state index in [-0.39, 0.29) is 12.7 Å². The summed E-state index contributed by atoms with van der Waals surface area (Å²) in [5.41, 5.74) is 2.36. The average Bonchev–Trinajstić information content (AvgIpc) is 3.29. The fourth-order valence-corrected chi connectivity index (χ4v) is 3.91. The summed E-state index contributed by atoms with van der Waals surface area (Å²) in [4.78, 5) is 20.0. The number of anilines is 1. The fraction of sp³-hybridized carbons (Fsp3) is 0.304. The maximum Gasteiger partial charge on any atom is 0.233 e. The van der Waals surface area contributed by atoms with E-state index in [0.717, 1.165) is 40.7 Å². The van der Waals surface area contributed by atoms with Crippen LogP contribution < -0.4 is 19.1 Å². The summed E-state index contributed by atoms with van der Waals surface area (Å²) in [5.74, 6) is 2.26. The lowest BCUT2D eigenvalue weighted by molar-refractivity contribution is 0.216. The Morgan fingerprint density at radius 1 is 1.06 bits per heavy atom. The van der Waals surface area contributed by atoms with Crippen LogP contribution in [0.25, 0.3) is 21.9 Å². The number of ether oxygens (including phenoxy) is 3. The highest BCUT2D eigenvalue weighted by Gasteiger charge is 2.27. The molecule has 8 nitrogen and oxygen atoms in total. The van der Waals surface area contributed by atoms with Crippen molar-refractivity contribution in [2.75, 3.05) is 38.4 Å². The third-order valence-corrected chi connectivity index (χ3v) is 5.39. The highest BCUT2D eigenvalue weighted by molar-refractivity contribution is 5.92. The molecule has 0 radical (unpaired) electrons. The molecule has 0 amide bonds. The fourth-order valence-electron chi connectivity index (χ4n) is 3.91. The van der Waals surface area contributed by atoms with Gasteiger partial charge in [0.15, 0.2) is 11.5 Å². The zero-order valence-corrected chi connectivity index (χ0v) is 17.6. The van der Waals surface area contributed by atoms with E-state index in [1.165, 1.54) is 6.33 Å². The number of para-hydroxylation sites is 2. The van der Waals surface area contributed by atoms with Crippen molar-refractivity contribution in [3.05, 3.63) is 48.9 Å². The number of aromatic nitrogens is 4. The van der Waals surface area contributed by atoms with Crippen molar-refractivity contribution < 1.29 is 18.6 Å². The van der Waals surface area contributed by atoms with Crippen LogP contribution in [0, 0.1) is 0 Å². The molecule has 0 aliphatic carbocycles. The Morgan fingerprint density at radius 2 is 1.94 bits per heavy atom. The van der Waals surface area contributed by atoms with Gasteiger partial charge in [-0.25, -0.2) is 24.3 Å². The number of hydrogen-bond acceptors (Lipinski definition) is 8. The van der Waals surface area contributed by atoms with Gasteiger partial charge in [-0.15, -0.1) is 0 Å². The topological polar surface area (TPSA) is 82.5 Å². The summed E-state index contributed by atoms with van der Waals surface area (Å²) >= 11 is 0. The summed E-state index contributed by atoms with van der Waals surface area (Å²) in [5, 5.41) is 0.813. The van der Waals surface area contributed by atoms with Crippen LogP contribution in [0.15, 0.2) is 48.9 Å². The third-order valence-electron chi connectivity index (χ3n) is 5.39. The van der Waals surface area contributed by atoms with Crippen LogP contribution in [-0.4, -0.2) is 59.5 Å². The van der Waals surface area contributed by atoms with Crippen LogP contribution in [0.2, 0.25) is 0 Å². The first-order valence-corrected chi connectivity index (χ1v) is 10.4. The molecular weight excluding hydrogens is 413 g/mol. The Hall–Kier alpha value is -3.75. The first-order valence-electron chi connectivity index (χ1n) is 10.4. The first kappa shape index (κ1) is 20.2. The van der Waals surface area contributed by atoms with Crippen molar-refractivity contribution >= 4 is 27.8 Å². The Morgan fingerprint density at radius 3 is 2.78 bits per heavy atom. The zero-order valence-electron chi connectivity index (χ0n) is 17.6. The average molecular weight is 435 g/mol. The molecule has 1 aliphatic rings. The normalized spacial score (nSPS) is 15.9. The van der Waals surface area contributed by atoms with Crippen molar-refractivity contribution in [2.45, 2.75) is 12.5 Å². The van der Waals surface area contributed by atoms with Crippen LogP contribution in [0.1, 0.15) is 6.42 Å². The Bertz CT molecular complexity index is 1250. The monoisotopic (exact) mass is 435 g/mol. The van der Waals surface area contributed by atoms with E-state index in [0.29, 0.717) is 23.9 Å². The molecule has 2 aromatic heterocycles. The summed E-state index contributed by atoms with van der Waals surface area (Å²) in [6, 6.07) is 11.3. The van der Waals surface area contributed by atoms with Gasteiger partial charge in [0.1, 0.15) is 31.5 Å². The molecule has 164 valence electrons. The summed E-state index contributed by atoms with van der Waals surface area (Å²) in [6.45, 7) is 0.789. The van der Waals surface area contributed by atoms with Crippen molar-refractivity contribution in [1.82, 2.24) is 19.9 Å². The van der Waals surface area contributed by atoms with Crippen LogP contribution in [0.3, 0.4) is 0 Å². The smallest absolute Gasteiger partial charge is 0.233 e. The van der Waals surface area contributed by atoms with Crippen molar-refractivity contribution in [1.29, 1.82) is 0 Å². The highest BCUT2D eigenvalue weighted by atomic mass is 19.1. The van der Waals surface area contributed by atoms with E-state index in [1.54, 1.807) is 19.4 Å². The Labute approximate surface area is 184 Å². The van der Waals surface area contributed by atoms with E-state index in [4.69, 9.17) is 14.2 Å². The van der Waals surface area contributed by atoms with Crippen LogP contribution in [0.4, 0.5) is 10.2 Å². The van der Waals surface area contributed by atoms with Gasteiger partial charge in [-0.05, 0) is 18.2 Å².